The average molecular weight is 571 g/mol. The average Bonchev–Trinajstić information content (AvgIpc) is 3.28. The van der Waals surface area contributed by atoms with E-state index in [-0.39, 0.29) is 35.4 Å². The van der Waals surface area contributed by atoms with Gasteiger partial charge in [0.05, 0.1) is 13.2 Å². The molecule has 8 nitrogen and oxygen atoms in total. The summed E-state index contributed by atoms with van der Waals surface area (Å²) in [6, 6.07) is 8.67. The van der Waals surface area contributed by atoms with Crippen LogP contribution in [0.15, 0.2) is 33.8 Å². The Balaban J connectivity index is 0.00000385. The van der Waals surface area contributed by atoms with E-state index in [1.165, 1.54) is 24.8 Å². The predicted molar refractivity (Wildman–Crippen MR) is 142 cm³/mol. The number of nitrogens with zero attached hydrogens (tertiary/aromatic N) is 4. The van der Waals surface area contributed by atoms with Crippen molar-refractivity contribution in [2.24, 2.45) is 4.99 Å². The molecular formula is C24H39IN6O2. The molecule has 1 aromatic carbocycles. The van der Waals surface area contributed by atoms with Crippen LogP contribution in [0.4, 0.5) is 0 Å². The van der Waals surface area contributed by atoms with Crippen LogP contribution in [0.25, 0.3) is 0 Å². The highest BCUT2D eigenvalue weighted by Gasteiger charge is 2.23. The maximum Gasteiger partial charge on any atom is 0.232 e. The Morgan fingerprint density at radius 3 is 2.42 bits per heavy atom. The van der Waals surface area contributed by atoms with E-state index in [9.17, 15) is 0 Å². The second kappa shape index (κ2) is 13.1. The van der Waals surface area contributed by atoms with Gasteiger partial charge in [0.1, 0.15) is 12.3 Å². The summed E-state index contributed by atoms with van der Waals surface area (Å²) in [6.07, 6.45) is 3.80. The quantitative estimate of drug-likeness (QED) is 0.279. The second-order valence-electron chi connectivity index (χ2n) is 9.23. The molecule has 1 atom stereocenters. The number of nitrogens with one attached hydrogen (secondary N) is 2. The van der Waals surface area contributed by atoms with Crippen molar-refractivity contribution in [3.8, 4) is 5.75 Å². The first-order valence-electron chi connectivity index (χ1n) is 11.6. The summed E-state index contributed by atoms with van der Waals surface area (Å²) in [5, 5.41) is 10.9. The highest BCUT2D eigenvalue weighted by atomic mass is 127. The van der Waals surface area contributed by atoms with E-state index in [4.69, 9.17) is 9.26 Å². The predicted octanol–water partition coefficient (Wildman–Crippen LogP) is 4.28. The van der Waals surface area contributed by atoms with E-state index in [1.807, 2.05) is 12.1 Å². The molecule has 1 saturated heterocycles. The van der Waals surface area contributed by atoms with Crippen LogP contribution in [0, 0.1) is 0 Å². The molecule has 0 radical (unpaired) electrons. The lowest BCUT2D eigenvalue weighted by atomic mass is 9.97. The van der Waals surface area contributed by atoms with Crippen LogP contribution in [0.1, 0.15) is 70.3 Å². The van der Waals surface area contributed by atoms with Crippen molar-refractivity contribution in [2.75, 3.05) is 33.3 Å². The fourth-order valence-electron chi connectivity index (χ4n) is 3.82. The molecule has 0 bridgehead atoms. The highest BCUT2D eigenvalue weighted by Crippen LogP contribution is 2.26. The number of guanidine groups is 1. The Morgan fingerprint density at radius 2 is 1.85 bits per heavy atom. The van der Waals surface area contributed by atoms with E-state index in [2.05, 4.69) is 70.5 Å². The molecule has 1 aromatic heterocycles. The van der Waals surface area contributed by atoms with Gasteiger partial charge < -0.3 is 19.9 Å². The minimum absolute atomic E-state index is 0. The Bertz CT molecular complexity index is 857. The van der Waals surface area contributed by atoms with Crippen molar-refractivity contribution < 1.29 is 9.26 Å². The number of rotatable bonds is 8. The minimum Gasteiger partial charge on any atom is -0.497 e. The lowest BCUT2D eigenvalue weighted by molar-refractivity contribution is 0.164. The number of hydrogen-bond donors (Lipinski definition) is 2. The van der Waals surface area contributed by atoms with Gasteiger partial charge in [-0.1, -0.05) is 44.5 Å². The van der Waals surface area contributed by atoms with Gasteiger partial charge in [0.15, 0.2) is 11.8 Å². The molecule has 2 heterocycles. The zero-order chi connectivity index (χ0) is 23.0. The van der Waals surface area contributed by atoms with E-state index >= 15 is 0 Å². The lowest BCUT2D eigenvalue weighted by Gasteiger charge is -2.35. The number of methoxy groups -OCH3 is 1. The van der Waals surface area contributed by atoms with E-state index in [0.29, 0.717) is 18.3 Å². The third-order valence-corrected chi connectivity index (χ3v) is 5.63. The van der Waals surface area contributed by atoms with Crippen LogP contribution in [-0.2, 0) is 12.0 Å². The van der Waals surface area contributed by atoms with Gasteiger partial charge in [0.2, 0.25) is 5.89 Å². The van der Waals surface area contributed by atoms with Crippen molar-refractivity contribution in [1.29, 1.82) is 0 Å². The summed E-state index contributed by atoms with van der Waals surface area (Å²) in [5.74, 6) is 2.86. The Hall–Kier alpha value is -1.88. The number of hydrogen-bond acceptors (Lipinski definition) is 6. The van der Waals surface area contributed by atoms with Crippen LogP contribution < -0.4 is 15.4 Å². The first-order chi connectivity index (χ1) is 15.4. The van der Waals surface area contributed by atoms with Crippen molar-refractivity contribution >= 4 is 29.9 Å². The second-order valence-corrected chi connectivity index (χ2v) is 9.23. The number of ether oxygens (including phenoxy) is 1. The standard InChI is InChI=1S/C24H38N6O2.HI/c1-6-25-23(27-17-21-28-22(32-29-21)24(2,3)4)26-16-20(30-14-8-7-9-15-30)18-10-12-19(31-5)13-11-18;/h10-13,20H,6-9,14-17H2,1-5H3,(H2,25,26,27);1H. The largest absolute Gasteiger partial charge is 0.497 e. The van der Waals surface area contributed by atoms with Gasteiger partial charge in [0, 0.05) is 18.5 Å². The Labute approximate surface area is 215 Å². The lowest BCUT2D eigenvalue weighted by Crippen LogP contribution is -2.44. The molecule has 0 spiro atoms. The first-order valence-corrected chi connectivity index (χ1v) is 11.6. The maximum atomic E-state index is 5.39. The van der Waals surface area contributed by atoms with E-state index in [0.717, 1.165) is 37.9 Å². The van der Waals surface area contributed by atoms with Crippen molar-refractivity contribution in [3.05, 3.63) is 41.5 Å². The number of halogens is 1. The molecule has 3 rings (SSSR count). The van der Waals surface area contributed by atoms with Crippen molar-refractivity contribution in [2.45, 2.75) is 65.0 Å². The SMILES string of the molecule is CCNC(=NCc1noc(C(C)(C)C)n1)NCC(c1ccc(OC)cc1)N1CCCCC1.I. The van der Waals surface area contributed by atoms with Crippen LogP contribution in [-0.4, -0.2) is 54.3 Å². The Kier molecular flexibility index (Phi) is 10.9. The number of aromatic nitrogens is 2. The minimum atomic E-state index is -0.169. The third kappa shape index (κ3) is 8.13. The molecule has 1 aliphatic rings. The number of piperidine rings is 1. The van der Waals surface area contributed by atoms with Gasteiger partial charge in [-0.05, 0) is 50.6 Å². The zero-order valence-corrected chi connectivity index (χ0v) is 22.9. The van der Waals surface area contributed by atoms with Gasteiger partial charge >= 0.3 is 0 Å². The summed E-state index contributed by atoms with van der Waals surface area (Å²) in [5.41, 5.74) is 1.11. The van der Waals surface area contributed by atoms with E-state index < -0.39 is 0 Å². The molecule has 1 unspecified atom stereocenters. The van der Waals surface area contributed by atoms with Gasteiger partial charge in [-0.2, -0.15) is 4.98 Å². The van der Waals surface area contributed by atoms with Gasteiger partial charge in [0.25, 0.3) is 0 Å². The molecule has 33 heavy (non-hydrogen) atoms. The normalized spacial score (nSPS) is 16.1. The molecular weight excluding hydrogens is 531 g/mol. The molecule has 0 aliphatic carbocycles. The first kappa shape index (κ1) is 27.4. The number of benzene rings is 1. The highest BCUT2D eigenvalue weighted by molar-refractivity contribution is 14.0. The molecule has 2 N–H and O–H groups in total. The number of aliphatic imine (C=N–C) groups is 1. The van der Waals surface area contributed by atoms with Crippen LogP contribution in [0.5, 0.6) is 5.75 Å². The van der Waals surface area contributed by atoms with Crippen molar-refractivity contribution in [3.63, 3.8) is 0 Å². The molecule has 9 heteroatoms. The fourth-order valence-corrected chi connectivity index (χ4v) is 3.82. The topological polar surface area (TPSA) is 87.8 Å². The summed E-state index contributed by atoms with van der Waals surface area (Å²) in [6.45, 7) is 12.4. The van der Waals surface area contributed by atoms with Gasteiger partial charge in [-0.15, -0.1) is 24.0 Å². The summed E-state index contributed by atoms with van der Waals surface area (Å²) in [7, 11) is 1.70. The molecule has 2 aromatic rings. The van der Waals surface area contributed by atoms with Gasteiger partial charge in [-0.25, -0.2) is 4.99 Å². The third-order valence-electron chi connectivity index (χ3n) is 5.63. The monoisotopic (exact) mass is 570 g/mol. The van der Waals surface area contributed by atoms with Crippen LogP contribution in [0.3, 0.4) is 0 Å². The molecule has 184 valence electrons. The molecule has 1 fully saturated rings. The number of likely N-dealkylation sites (tertiary alicyclic amines) is 1. The fraction of sp³-hybridized carbons (Fsp3) is 0.625. The summed E-state index contributed by atoms with van der Waals surface area (Å²) in [4.78, 5) is 11.7. The van der Waals surface area contributed by atoms with Gasteiger partial charge in [-0.3, -0.25) is 4.90 Å². The summed E-state index contributed by atoms with van der Waals surface area (Å²) < 4.78 is 10.7. The van der Waals surface area contributed by atoms with Crippen LogP contribution in [0.2, 0.25) is 0 Å². The molecule has 0 amide bonds. The molecule has 0 saturated carbocycles. The zero-order valence-electron chi connectivity index (χ0n) is 20.6. The Morgan fingerprint density at radius 1 is 1.15 bits per heavy atom. The smallest absolute Gasteiger partial charge is 0.232 e. The van der Waals surface area contributed by atoms with Crippen molar-refractivity contribution in [1.82, 2.24) is 25.7 Å². The van der Waals surface area contributed by atoms with E-state index in [1.54, 1.807) is 7.11 Å². The van der Waals surface area contributed by atoms with Crippen LogP contribution >= 0.6 is 24.0 Å². The summed E-state index contributed by atoms with van der Waals surface area (Å²) >= 11 is 0. The maximum absolute atomic E-state index is 5.39. The molecule has 1 aliphatic heterocycles.